The molecule has 0 aliphatic carbocycles. The fraction of sp³-hybridized carbons (Fsp3) is 0.467. The number of piperidine rings is 1. The van der Waals surface area contributed by atoms with Crippen molar-refractivity contribution in [3.05, 3.63) is 35.1 Å². The lowest BCUT2D eigenvalue weighted by atomic mass is 9.90. The predicted octanol–water partition coefficient (Wildman–Crippen LogP) is 2.32. The first-order valence-electron chi connectivity index (χ1n) is 6.67. The maximum absolute atomic E-state index is 13.5. The molecule has 1 heterocycles. The van der Waals surface area contributed by atoms with Crippen LogP contribution in [0, 0.1) is 24.6 Å². The first-order chi connectivity index (χ1) is 9.40. The Bertz CT molecular complexity index is 544. The molecule has 20 heavy (non-hydrogen) atoms. The van der Waals surface area contributed by atoms with Crippen LogP contribution in [0.1, 0.15) is 29.3 Å². The van der Waals surface area contributed by atoms with E-state index in [1.165, 1.54) is 17.0 Å². The number of rotatable bonds is 2. The number of halogens is 1. The summed E-state index contributed by atoms with van der Waals surface area (Å²) in [4.78, 5) is 25.1. The number of carbonyl (C=O) groups excluding carboxylic acids is 1. The number of carboxylic acid groups (broad SMARTS) is 1. The molecule has 0 bridgehead atoms. The summed E-state index contributed by atoms with van der Waals surface area (Å²) in [5.74, 6) is -2.01. The van der Waals surface area contributed by atoms with Crippen LogP contribution in [-0.2, 0) is 4.79 Å². The van der Waals surface area contributed by atoms with Gasteiger partial charge in [-0.1, -0.05) is 13.0 Å². The van der Waals surface area contributed by atoms with Gasteiger partial charge in [0.1, 0.15) is 5.82 Å². The summed E-state index contributed by atoms with van der Waals surface area (Å²) in [5, 5.41) is 9.13. The summed E-state index contributed by atoms with van der Waals surface area (Å²) < 4.78 is 13.5. The van der Waals surface area contributed by atoms with Crippen molar-refractivity contribution in [2.24, 2.45) is 11.8 Å². The first-order valence-corrected chi connectivity index (χ1v) is 6.67. The number of aliphatic carboxylic acids is 1. The first kappa shape index (κ1) is 14.5. The van der Waals surface area contributed by atoms with E-state index in [1.807, 2.05) is 6.92 Å². The monoisotopic (exact) mass is 279 g/mol. The molecule has 0 saturated carbocycles. The van der Waals surface area contributed by atoms with Gasteiger partial charge in [-0.15, -0.1) is 0 Å². The Kier molecular flexibility index (Phi) is 4.06. The van der Waals surface area contributed by atoms with E-state index in [-0.39, 0.29) is 18.4 Å². The Hall–Kier alpha value is -1.91. The quantitative estimate of drug-likeness (QED) is 0.903. The van der Waals surface area contributed by atoms with Crippen LogP contribution < -0.4 is 0 Å². The maximum atomic E-state index is 13.5. The van der Waals surface area contributed by atoms with Crippen molar-refractivity contribution in [3.8, 4) is 0 Å². The van der Waals surface area contributed by atoms with E-state index in [1.54, 1.807) is 13.0 Å². The van der Waals surface area contributed by atoms with Gasteiger partial charge in [0, 0.05) is 18.7 Å². The molecule has 1 fully saturated rings. The van der Waals surface area contributed by atoms with Crippen LogP contribution in [0.4, 0.5) is 4.39 Å². The van der Waals surface area contributed by atoms with Crippen molar-refractivity contribution in [2.75, 3.05) is 13.1 Å². The third kappa shape index (κ3) is 2.81. The second-order valence-corrected chi connectivity index (χ2v) is 5.50. The van der Waals surface area contributed by atoms with E-state index >= 15 is 0 Å². The highest BCUT2D eigenvalue weighted by Gasteiger charge is 2.32. The van der Waals surface area contributed by atoms with E-state index in [0.29, 0.717) is 24.1 Å². The minimum absolute atomic E-state index is 0.127. The van der Waals surface area contributed by atoms with E-state index in [2.05, 4.69) is 0 Å². The van der Waals surface area contributed by atoms with E-state index < -0.39 is 17.7 Å². The molecule has 0 radical (unpaired) electrons. The molecule has 2 atom stereocenters. The third-order valence-electron chi connectivity index (χ3n) is 3.79. The molecule has 1 aliphatic heterocycles. The Morgan fingerprint density at radius 2 is 2.05 bits per heavy atom. The number of hydrogen-bond acceptors (Lipinski definition) is 2. The number of hydrogen-bond donors (Lipinski definition) is 1. The number of nitrogens with zero attached hydrogens (tertiary/aromatic N) is 1. The summed E-state index contributed by atoms with van der Waals surface area (Å²) in [7, 11) is 0. The largest absolute Gasteiger partial charge is 0.481 e. The van der Waals surface area contributed by atoms with Crippen molar-refractivity contribution in [3.63, 3.8) is 0 Å². The van der Waals surface area contributed by atoms with Gasteiger partial charge in [-0.25, -0.2) is 4.39 Å². The minimum Gasteiger partial charge on any atom is -0.481 e. The van der Waals surface area contributed by atoms with Crippen LogP contribution in [0.25, 0.3) is 0 Å². The molecular weight excluding hydrogens is 261 g/mol. The SMILES string of the molecule is Cc1c(F)cccc1C(=O)N1CC(C)CC(C(=O)O)C1. The highest BCUT2D eigenvalue weighted by atomic mass is 19.1. The molecule has 2 rings (SSSR count). The highest BCUT2D eigenvalue weighted by molar-refractivity contribution is 5.96. The molecule has 1 amide bonds. The summed E-state index contributed by atoms with van der Waals surface area (Å²) in [6, 6.07) is 4.39. The Labute approximate surface area is 117 Å². The molecule has 0 aromatic heterocycles. The number of carboxylic acids is 1. The zero-order valence-electron chi connectivity index (χ0n) is 11.6. The number of carbonyl (C=O) groups is 2. The molecule has 0 spiro atoms. The third-order valence-corrected chi connectivity index (χ3v) is 3.79. The minimum atomic E-state index is -0.884. The summed E-state index contributed by atoms with van der Waals surface area (Å²) in [6.45, 7) is 4.19. The van der Waals surface area contributed by atoms with Gasteiger partial charge in [0.15, 0.2) is 0 Å². The lowest BCUT2D eigenvalue weighted by Gasteiger charge is -2.35. The summed E-state index contributed by atoms with van der Waals surface area (Å²) >= 11 is 0. The Balaban J connectivity index is 2.24. The van der Waals surface area contributed by atoms with Gasteiger partial charge in [-0.05, 0) is 37.0 Å². The fourth-order valence-corrected chi connectivity index (χ4v) is 2.71. The standard InChI is InChI=1S/C15H18FNO3/c1-9-6-11(15(19)20)8-17(7-9)14(18)12-4-3-5-13(16)10(12)2/h3-5,9,11H,6-8H2,1-2H3,(H,19,20). The highest BCUT2D eigenvalue weighted by Crippen LogP contribution is 2.24. The van der Waals surface area contributed by atoms with Gasteiger partial charge in [0.05, 0.1) is 5.92 Å². The smallest absolute Gasteiger partial charge is 0.308 e. The van der Waals surface area contributed by atoms with Crippen molar-refractivity contribution in [2.45, 2.75) is 20.3 Å². The van der Waals surface area contributed by atoms with Crippen LogP contribution in [0.15, 0.2) is 18.2 Å². The lowest BCUT2D eigenvalue weighted by Crippen LogP contribution is -2.45. The average Bonchev–Trinajstić information content (AvgIpc) is 2.40. The zero-order valence-corrected chi connectivity index (χ0v) is 11.6. The maximum Gasteiger partial charge on any atom is 0.308 e. The van der Waals surface area contributed by atoms with Crippen LogP contribution in [0.5, 0.6) is 0 Å². The van der Waals surface area contributed by atoms with E-state index in [0.717, 1.165) is 0 Å². The molecule has 1 N–H and O–H groups in total. The molecule has 4 nitrogen and oxygen atoms in total. The molecule has 1 saturated heterocycles. The van der Waals surface area contributed by atoms with E-state index in [9.17, 15) is 14.0 Å². The molecule has 1 aromatic rings. The molecule has 108 valence electrons. The van der Waals surface area contributed by atoms with Crippen molar-refractivity contribution >= 4 is 11.9 Å². The Morgan fingerprint density at radius 1 is 1.35 bits per heavy atom. The van der Waals surface area contributed by atoms with Crippen molar-refractivity contribution in [1.82, 2.24) is 4.90 Å². The summed E-state index contributed by atoms with van der Waals surface area (Å²) in [6.07, 6.45) is 0.571. The number of amides is 1. The fourth-order valence-electron chi connectivity index (χ4n) is 2.71. The van der Waals surface area contributed by atoms with Gasteiger partial charge in [-0.2, -0.15) is 0 Å². The average molecular weight is 279 g/mol. The van der Waals surface area contributed by atoms with E-state index in [4.69, 9.17) is 5.11 Å². The van der Waals surface area contributed by atoms with Crippen molar-refractivity contribution < 1.29 is 19.1 Å². The molecule has 1 aliphatic rings. The predicted molar refractivity (Wildman–Crippen MR) is 71.9 cm³/mol. The topological polar surface area (TPSA) is 57.6 Å². The van der Waals surface area contributed by atoms with Crippen LogP contribution in [0.2, 0.25) is 0 Å². The van der Waals surface area contributed by atoms with Gasteiger partial charge < -0.3 is 10.0 Å². The second kappa shape index (κ2) is 5.61. The normalized spacial score (nSPS) is 22.6. The van der Waals surface area contributed by atoms with Gasteiger partial charge in [-0.3, -0.25) is 9.59 Å². The van der Waals surface area contributed by atoms with Gasteiger partial charge in [0.25, 0.3) is 5.91 Å². The second-order valence-electron chi connectivity index (χ2n) is 5.50. The van der Waals surface area contributed by atoms with Crippen LogP contribution in [0.3, 0.4) is 0 Å². The number of likely N-dealkylation sites (tertiary alicyclic amines) is 1. The molecule has 1 aromatic carbocycles. The number of benzene rings is 1. The molecule has 5 heteroatoms. The summed E-state index contributed by atoms with van der Waals surface area (Å²) in [5.41, 5.74) is 0.617. The van der Waals surface area contributed by atoms with Gasteiger partial charge in [0.2, 0.25) is 0 Å². The van der Waals surface area contributed by atoms with Crippen molar-refractivity contribution in [1.29, 1.82) is 0 Å². The van der Waals surface area contributed by atoms with Crippen LogP contribution in [-0.4, -0.2) is 35.0 Å². The molecular formula is C15H18FNO3. The van der Waals surface area contributed by atoms with Gasteiger partial charge >= 0.3 is 5.97 Å². The van der Waals surface area contributed by atoms with Crippen LogP contribution >= 0.6 is 0 Å². The Morgan fingerprint density at radius 3 is 2.70 bits per heavy atom. The zero-order chi connectivity index (χ0) is 14.9. The molecule has 2 unspecified atom stereocenters. The lowest BCUT2D eigenvalue weighted by molar-refractivity contribution is -0.143.